The van der Waals surface area contributed by atoms with Gasteiger partial charge >= 0.3 is 0 Å². The van der Waals surface area contributed by atoms with Crippen molar-refractivity contribution in [2.75, 3.05) is 6.54 Å². The Bertz CT molecular complexity index is 491. The summed E-state index contributed by atoms with van der Waals surface area (Å²) < 4.78 is 13.1. The van der Waals surface area contributed by atoms with E-state index in [1.165, 1.54) is 12.1 Å². The van der Waals surface area contributed by atoms with E-state index < -0.39 is 0 Å². The molecule has 1 aromatic rings. The average Bonchev–Trinajstić information content (AvgIpc) is 2.66. The first-order valence-electron chi connectivity index (χ1n) is 7.36. The molecule has 20 heavy (non-hydrogen) atoms. The van der Waals surface area contributed by atoms with E-state index in [-0.39, 0.29) is 17.7 Å². The van der Waals surface area contributed by atoms with Gasteiger partial charge in [-0.05, 0) is 37.8 Å². The van der Waals surface area contributed by atoms with Crippen LogP contribution in [0, 0.1) is 5.82 Å². The number of hydrogen-bond donors (Lipinski definition) is 1. The van der Waals surface area contributed by atoms with Gasteiger partial charge in [0, 0.05) is 30.6 Å². The van der Waals surface area contributed by atoms with Crippen LogP contribution in [0.4, 0.5) is 4.39 Å². The molecule has 0 amide bonds. The molecule has 0 radical (unpaired) electrons. The molecule has 0 spiro atoms. The van der Waals surface area contributed by atoms with Crippen LogP contribution in [0.2, 0.25) is 0 Å². The summed E-state index contributed by atoms with van der Waals surface area (Å²) in [5.74, 6) is -0.368. The van der Waals surface area contributed by atoms with Gasteiger partial charge in [-0.1, -0.05) is 12.1 Å². The lowest BCUT2D eigenvalue weighted by molar-refractivity contribution is 0.0349. The van der Waals surface area contributed by atoms with Crippen LogP contribution in [-0.2, 0) is 0 Å². The number of carbonyl (C=O) groups is 1. The Balaban J connectivity index is 1.59. The van der Waals surface area contributed by atoms with Gasteiger partial charge in [-0.2, -0.15) is 0 Å². The molecule has 108 valence electrons. The molecule has 1 N–H and O–H groups in total. The van der Waals surface area contributed by atoms with Gasteiger partial charge in [0.2, 0.25) is 0 Å². The van der Waals surface area contributed by atoms with Crippen molar-refractivity contribution in [1.82, 2.24) is 4.90 Å². The van der Waals surface area contributed by atoms with E-state index in [1.807, 2.05) is 0 Å². The summed E-state index contributed by atoms with van der Waals surface area (Å²) in [5.41, 5.74) is 0.453. The number of aliphatic hydroxyl groups excluding tert-OH is 1. The standard InChI is InChI=1S/C16H20FNO2/c17-12-3-1-2-11(8-12)16(20)6-7-18-13-4-5-14(18)10-15(19)9-13/h1-3,8,13-15,19H,4-7,9-10H2. The van der Waals surface area contributed by atoms with Crippen molar-refractivity contribution in [3.8, 4) is 0 Å². The molecule has 0 aromatic heterocycles. The normalized spacial score (nSPS) is 29.6. The molecule has 0 aliphatic carbocycles. The highest BCUT2D eigenvalue weighted by Crippen LogP contribution is 2.35. The van der Waals surface area contributed by atoms with Crippen molar-refractivity contribution in [1.29, 1.82) is 0 Å². The van der Waals surface area contributed by atoms with Crippen LogP contribution in [-0.4, -0.2) is 40.5 Å². The van der Waals surface area contributed by atoms with Gasteiger partial charge in [0.25, 0.3) is 0 Å². The molecular formula is C16H20FNO2. The fraction of sp³-hybridized carbons (Fsp3) is 0.562. The lowest BCUT2D eigenvalue weighted by atomic mass is 9.99. The molecule has 2 aliphatic heterocycles. The van der Waals surface area contributed by atoms with E-state index in [0.717, 1.165) is 32.2 Å². The summed E-state index contributed by atoms with van der Waals surface area (Å²) in [5, 5.41) is 9.76. The van der Waals surface area contributed by atoms with Gasteiger partial charge in [0.05, 0.1) is 6.10 Å². The minimum absolute atomic E-state index is 0.00461. The first-order valence-corrected chi connectivity index (χ1v) is 7.36. The zero-order valence-corrected chi connectivity index (χ0v) is 11.5. The Morgan fingerprint density at radius 2 is 2.00 bits per heavy atom. The van der Waals surface area contributed by atoms with Crippen LogP contribution < -0.4 is 0 Å². The number of rotatable bonds is 4. The molecule has 4 heteroatoms. The first-order chi connectivity index (χ1) is 9.63. The van der Waals surface area contributed by atoms with Gasteiger partial charge in [-0.3, -0.25) is 9.69 Å². The maximum atomic E-state index is 13.1. The minimum Gasteiger partial charge on any atom is -0.393 e. The highest BCUT2D eigenvalue weighted by molar-refractivity contribution is 5.96. The lowest BCUT2D eigenvalue weighted by Crippen LogP contribution is -2.45. The predicted octanol–water partition coefficient (Wildman–Crippen LogP) is 2.39. The van der Waals surface area contributed by atoms with Crippen LogP contribution in [0.15, 0.2) is 24.3 Å². The number of benzene rings is 1. The number of piperidine rings is 1. The third-order valence-corrected chi connectivity index (χ3v) is 4.60. The van der Waals surface area contributed by atoms with Gasteiger partial charge < -0.3 is 5.11 Å². The molecule has 2 aliphatic rings. The van der Waals surface area contributed by atoms with Crippen LogP contribution in [0.25, 0.3) is 0 Å². The van der Waals surface area contributed by atoms with Crippen LogP contribution >= 0.6 is 0 Å². The SMILES string of the molecule is O=C(CCN1C2CCC1CC(O)C2)c1cccc(F)c1. The quantitative estimate of drug-likeness (QED) is 0.859. The molecule has 3 rings (SSSR count). The smallest absolute Gasteiger partial charge is 0.164 e. The van der Waals surface area contributed by atoms with E-state index in [4.69, 9.17) is 0 Å². The van der Waals surface area contributed by atoms with Crippen LogP contribution in [0.1, 0.15) is 42.5 Å². The van der Waals surface area contributed by atoms with Gasteiger partial charge in [0.15, 0.2) is 5.78 Å². The summed E-state index contributed by atoms with van der Waals surface area (Å²) >= 11 is 0. The molecule has 1 aromatic carbocycles. The molecule has 2 saturated heterocycles. The number of fused-ring (bicyclic) bond motifs is 2. The molecule has 2 fully saturated rings. The van der Waals surface area contributed by atoms with E-state index in [9.17, 15) is 14.3 Å². The van der Waals surface area contributed by atoms with Crippen LogP contribution in [0.3, 0.4) is 0 Å². The zero-order chi connectivity index (χ0) is 14.1. The van der Waals surface area contributed by atoms with Crippen molar-refractivity contribution in [2.45, 2.75) is 50.3 Å². The van der Waals surface area contributed by atoms with Crippen molar-refractivity contribution < 1.29 is 14.3 Å². The zero-order valence-electron chi connectivity index (χ0n) is 11.5. The summed E-state index contributed by atoms with van der Waals surface area (Å²) in [4.78, 5) is 14.5. The third kappa shape index (κ3) is 2.76. The van der Waals surface area contributed by atoms with Crippen LogP contribution in [0.5, 0.6) is 0 Å². The highest BCUT2D eigenvalue weighted by atomic mass is 19.1. The van der Waals surface area contributed by atoms with Crippen molar-refractivity contribution in [2.24, 2.45) is 0 Å². The third-order valence-electron chi connectivity index (χ3n) is 4.60. The number of hydrogen-bond acceptors (Lipinski definition) is 3. The number of Topliss-reactive ketones (excluding diaryl/α,β-unsaturated/α-hetero) is 1. The van der Waals surface area contributed by atoms with E-state index in [1.54, 1.807) is 12.1 Å². The Labute approximate surface area is 118 Å². The van der Waals surface area contributed by atoms with Gasteiger partial charge in [-0.15, -0.1) is 0 Å². The fourth-order valence-corrected chi connectivity index (χ4v) is 3.65. The topological polar surface area (TPSA) is 40.5 Å². The maximum Gasteiger partial charge on any atom is 0.164 e. The first kappa shape index (κ1) is 13.7. The number of aliphatic hydroxyl groups is 1. The lowest BCUT2D eigenvalue weighted by Gasteiger charge is -2.37. The number of ketones is 1. The summed E-state index contributed by atoms with van der Waals surface area (Å²) in [7, 11) is 0. The Morgan fingerprint density at radius 3 is 2.65 bits per heavy atom. The summed E-state index contributed by atoms with van der Waals surface area (Å²) in [6.07, 6.45) is 4.14. The second-order valence-electron chi connectivity index (χ2n) is 5.93. The molecule has 2 atom stereocenters. The molecule has 3 nitrogen and oxygen atoms in total. The second kappa shape index (κ2) is 5.62. The van der Waals surface area contributed by atoms with Crippen molar-refractivity contribution >= 4 is 5.78 Å². The fourth-order valence-electron chi connectivity index (χ4n) is 3.65. The highest BCUT2D eigenvalue weighted by Gasteiger charge is 2.39. The maximum absolute atomic E-state index is 13.1. The van der Waals surface area contributed by atoms with Crippen molar-refractivity contribution in [3.05, 3.63) is 35.6 Å². The van der Waals surface area contributed by atoms with Gasteiger partial charge in [-0.25, -0.2) is 4.39 Å². The van der Waals surface area contributed by atoms with Gasteiger partial charge in [0.1, 0.15) is 5.82 Å². The number of carbonyl (C=O) groups excluding carboxylic acids is 1. The summed E-state index contributed by atoms with van der Waals surface area (Å²) in [6, 6.07) is 6.73. The van der Waals surface area contributed by atoms with E-state index >= 15 is 0 Å². The van der Waals surface area contributed by atoms with Crippen molar-refractivity contribution in [3.63, 3.8) is 0 Å². The molecule has 2 bridgehead atoms. The molecule has 2 heterocycles. The molecule has 0 saturated carbocycles. The largest absolute Gasteiger partial charge is 0.393 e. The van der Waals surface area contributed by atoms with E-state index in [2.05, 4.69) is 4.90 Å². The second-order valence-corrected chi connectivity index (χ2v) is 5.93. The number of nitrogens with zero attached hydrogens (tertiary/aromatic N) is 1. The average molecular weight is 277 g/mol. The summed E-state index contributed by atoms with van der Waals surface area (Å²) in [6.45, 7) is 0.720. The Hall–Kier alpha value is -1.26. The molecule has 2 unspecified atom stereocenters. The predicted molar refractivity (Wildman–Crippen MR) is 74.1 cm³/mol. The minimum atomic E-state index is -0.364. The van der Waals surface area contributed by atoms with E-state index in [0.29, 0.717) is 24.1 Å². The Morgan fingerprint density at radius 1 is 1.30 bits per heavy atom. The number of halogens is 1. The monoisotopic (exact) mass is 277 g/mol. The molecular weight excluding hydrogens is 257 g/mol. The Kier molecular flexibility index (Phi) is 3.85.